The van der Waals surface area contributed by atoms with E-state index in [4.69, 9.17) is 4.74 Å². The second-order valence-corrected chi connectivity index (χ2v) is 7.31. The lowest BCUT2D eigenvalue weighted by Crippen LogP contribution is -2.32. The van der Waals surface area contributed by atoms with Crippen molar-refractivity contribution in [2.24, 2.45) is 0 Å². The van der Waals surface area contributed by atoms with Gasteiger partial charge >= 0.3 is 5.69 Å². The maximum absolute atomic E-state index is 13.2. The highest BCUT2D eigenvalue weighted by Crippen LogP contribution is 2.41. The van der Waals surface area contributed by atoms with Crippen molar-refractivity contribution in [3.05, 3.63) is 81.5 Å². The number of imidazole rings is 1. The number of hydrogen-bond donors (Lipinski definition) is 2. The quantitative estimate of drug-likeness (QED) is 0.491. The Morgan fingerprint density at radius 1 is 1.14 bits per heavy atom. The van der Waals surface area contributed by atoms with E-state index in [1.165, 1.54) is 4.57 Å². The first-order valence-electron chi connectivity index (χ1n) is 9.99. The van der Waals surface area contributed by atoms with Crippen LogP contribution in [0.15, 0.2) is 53.3 Å². The molecule has 2 aromatic carbocycles. The number of fused-ring (bicyclic) bond motifs is 4. The molecule has 0 saturated carbocycles. The van der Waals surface area contributed by atoms with Gasteiger partial charge in [-0.25, -0.2) is 4.79 Å². The number of aromatic hydroxyl groups is 1. The molecule has 4 aromatic rings. The van der Waals surface area contributed by atoms with Gasteiger partial charge in [0.05, 0.1) is 12.3 Å². The zero-order valence-electron chi connectivity index (χ0n) is 16.5. The van der Waals surface area contributed by atoms with Crippen LogP contribution in [0.3, 0.4) is 0 Å². The first kappa shape index (κ1) is 17.7. The molecule has 0 fully saturated rings. The molecule has 0 radical (unpaired) electrons. The smallest absolute Gasteiger partial charge is 0.332 e. The standard InChI is InChI=1S/C23H23N3O3/c1-3-25-22(27)19-13-17-16-7-5-6-8-18(16)24-20(17)21(26(19)23(25)28)14-9-11-15(12-10-14)29-4-2/h5-12,21,24,27H,3-4,13H2,1-2H3/t21-/m1/s1. The molecule has 6 heteroatoms. The number of rotatable bonds is 4. The van der Waals surface area contributed by atoms with Gasteiger partial charge in [-0.1, -0.05) is 30.3 Å². The number of benzene rings is 2. The van der Waals surface area contributed by atoms with Crippen molar-refractivity contribution in [2.75, 3.05) is 6.61 Å². The summed E-state index contributed by atoms with van der Waals surface area (Å²) in [5.41, 5.74) is 4.60. The van der Waals surface area contributed by atoms with Crippen LogP contribution in [-0.2, 0) is 13.0 Å². The molecule has 0 aliphatic carbocycles. The number of nitrogens with zero attached hydrogens (tertiary/aromatic N) is 2. The van der Waals surface area contributed by atoms with Gasteiger partial charge in [-0.3, -0.25) is 9.13 Å². The molecule has 0 unspecified atom stereocenters. The van der Waals surface area contributed by atoms with E-state index in [2.05, 4.69) is 11.1 Å². The zero-order chi connectivity index (χ0) is 20.1. The van der Waals surface area contributed by atoms with Gasteiger partial charge in [-0.05, 0) is 43.2 Å². The summed E-state index contributed by atoms with van der Waals surface area (Å²) in [5, 5.41) is 11.9. The summed E-state index contributed by atoms with van der Waals surface area (Å²) in [6, 6.07) is 15.7. The number of hydrogen-bond acceptors (Lipinski definition) is 3. The van der Waals surface area contributed by atoms with E-state index in [1.54, 1.807) is 4.57 Å². The average molecular weight is 389 g/mol. The highest BCUT2D eigenvalue weighted by atomic mass is 16.5. The monoisotopic (exact) mass is 389 g/mol. The molecule has 29 heavy (non-hydrogen) atoms. The van der Waals surface area contributed by atoms with Gasteiger partial charge in [0, 0.05) is 29.6 Å². The van der Waals surface area contributed by atoms with E-state index < -0.39 is 0 Å². The van der Waals surface area contributed by atoms with Crippen molar-refractivity contribution in [1.29, 1.82) is 0 Å². The van der Waals surface area contributed by atoms with Crippen LogP contribution < -0.4 is 10.4 Å². The second kappa shape index (κ2) is 6.58. The molecule has 1 aliphatic heterocycles. The Bertz CT molecular complexity index is 1260. The van der Waals surface area contributed by atoms with Crippen molar-refractivity contribution < 1.29 is 9.84 Å². The summed E-state index contributed by atoms with van der Waals surface area (Å²) in [5.74, 6) is 0.856. The van der Waals surface area contributed by atoms with E-state index in [1.807, 2.05) is 56.3 Å². The number of nitrogens with one attached hydrogen (secondary N) is 1. The lowest BCUT2D eigenvalue weighted by Gasteiger charge is -2.26. The minimum Gasteiger partial charge on any atom is -0.494 e. The van der Waals surface area contributed by atoms with E-state index in [0.29, 0.717) is 25.3 Å². The van der Waals surface area contributed by atoms with Crippen LogP contribution >= 0.6 is 0 Å². The number of aromatic nitrogens is 3. The van der Waals surface area contributed by atoms with Crippen molar-refractivity contribution in [3.63, 3.8) is 0 Å². The summed E-state index contributed by atoms with van der Waals surface area (Å²) in [4.78, 5) is 16.7. The van der Waals surface area contributed by atoms with Crippen molar-refractivity contribution in [3.8, 4) is 11.6 Å². The molecule has 1 atom stereocenters. The molecule has 148 valence electrons. The molecule has 5 rings (SSSR count). The van der Waals surface area contributed by atoms with E-state index in [-0.39, 0.29) is 17.6 Å². The summed E-state index contributed by atoms with van der Waals surface area (Å²) < 4.78 is 8.74. The van der Waals surface area contributed by atoms with Gasteiger partial charge in [0.15, 0.2) is 0 Å². The number of H-pyrrole nitrogens is 1. The van der Waals surface area contributed by atoms with Gasteiger partial charge in [-0.2, -0.15) is 0 Å². The summed E-state index contributed by atoms with van der Waals surface area (Å²) in [6.07, 6.45) is 0.515. The van der Waals surface area contributed by atoms with E-state index >= 15 is 0 Å². The SMILES string of the molecule is CCOc1ccc([C@@H]2c3[nH]c4ccccc4c3Cc3c(O)n(CC)c(=O)n32)cc1. The maximum atomic E-state index is 13.2. The fourth-order valence-electron chi connectivity index (χ4n) is 4.49. The third-order valence-corrected chi connectivity index (χ3v) is 5.79. The lowest BCUT2D eigenvalue weighted by molar-refractivity contribution is 0.340. The first-order valence-corrected chi connectivity index (χ1v) is 9.99. The fraction of sp³-hybridized carbons (Fsp3) is 0.261. The van der Waals surface area contributed by atoms with Gasteiger partial charge in [-0.15, -0.1) is 0 Å². The largest absolute Gasteiger partial charge is 0.494 e. The average Bonchev–Trinajstić information content (AvgIpc) is 3.22. The molecule has 6 nitrogen and oxygen atoms in total. The second-order valence-electron chi connectivity index (χ2n) is 7.31. The van der Waals surface area contributed by atoms with Gasteiger partial charge in [0.1, 0.15) is 11.8 Å². The zero-order valence-corrected chi connectivity index (χ0v) is 16.5. The van der Waals surface area contributed by atoms with Crippen LogP contribution in [0.25, 0.3) is 10.9 Å². The van der Waals surface area contributed by atoms with Gasteiger partial charge in [0.2, 0.25) is 5.88 Å². The minimum absolute atomic E-state index is 0.0596. The summed E-state index contributed by atoms with van der Waals surface area (Å²) in [6.45, 7) is 4.85. The molecule has 0 amide bonds. The molecule has 2 N–H and O–H groups in total. The molecular formula is C23H23N3O3. The van der Waals surface area contributed by atoms with Crippen LogP contribution in [0.2, 0.25) is 0 Å². The number of para-hydroxylation sites is 1. The van der Waals surface area contributed by atoms with Gasteiger partial charge in [0.25, 0.3) is 0 Å². The maximum Gasteiger partial charge on any atom is 0.332 e. The molecule has 2 aromatic heterocycles. The summed E-state index contributed by atoms with van der Waals surface area (Å²) >= 11 is 0. The lowest BCUT2D eigenvalue weighted by atomic mass is 9.93. The van der Waals surface area contributed by atoms with Crippen molar-refractivity contribution in [1.82, 2.24) is 14.1 Å². The Labute approximate surface area is 168 Å². The topological polar surface area (TPSA) is 72.2 Å². The van der Waals surface area contributed by atoms with E-state index in [0.717, 1.165) is 33.5 Å². The number of aromatic amines is 1. The first-order chi connectivity index (χ1) is 14.1. The normalized spacial score (nSPS) is 15.3. The highest BCUT2D eigenvalue weighted by Gasteiger charge is 2.35. The van der Waals surface area contributed by atoms with Crippen LogP contribution in [-0.4, -0.2) is 25.8 Å². The van der Waals surface area contributed by atoms with Crippen molar-refractivity contribution >= 4 is 10.9 Å². The Hall–Kier alpha value is -3.41. The van der Waals surface area contributed by atoms with Crippen LogP contribution in [0.4, 0.5) is 0 Å². The predicted octanol–water partition coefficient (Wildman–Crippen LogP) is 3.80. The fourth-order valence-corrected chi connectivity index (χ4v) is 4.49. The van der Waals surface area contributed by atoms with E-state index in [9.17, 15) is 9.90 Å². The Morgan fingerprint density at radius 2 is 1.90 bits per heavy atom. The highest BCUT2D eigenvalue weighted by molar-refractivity contribution is 5.86. The predicted molar refractivity (Wildman–Crippen MR) is 112 cm³/mol. The Morgan fingerprint density at radius 3 is 2.62 bits per heavy atom. The summed E-state index contributed by atoms with van der Waals surface area (Å²) in [7, 11) is 0. The number of ether oxygens (including phenoxy) is 1. The van der Waals surface area contributed by atoms with Crippen LogP contribution in [0.5, 0.6) is 11.6 Å². The molecule has 3 heterocycles. The molecule has 0 spiro atoms. The third kappa shape index (κ3) is 2.52. The Balaban J connectivity index is 1.78. The Kier molecular flexibility index (Phi) is 4.01. The van der Waals surface area contributed by atoms with Gasteiger partial charge < -0.3 is 14.8 Å². The molecular weight excluding hydrogens is 366 g/mol. The molecule has 1 aliphatic rings. The third-order valence-electron chi connectivity index (χ3n) is 5.79. The molecule has 0 bridgehead atoms. The van der Waals surface area contributed by atoms with Crippen molar-refractivity contribution in [2.45, 2.75) is 32.9 Å². The minimum atomic E-state index is -0.331. The van der Waals surface area contributed by atoms with Crippen LogP contribution in [0, 0.1) is 0 Å². The molecule has 0 saturated heterocycles. The van der Waals surface area contributed by atoms with Crippen LogP contribution in [0.1, 0.15) is 42.4 Å².